The van der Waals surface area contributed by atoms with E-state index in [0.717, 1.165) is 27.1 Å². The maximum atomic E-state index is 14.1. The minimum atomic E-state index is -0.780. The summed E-state index contributed by atoms with van der Waals surface area (Å²) < 4.78 is 18.9. The summed E-state index contributed by atoms with van der Waals surface area (Å²) in [5, 5.41) is 3.82. The molecule has 2 aliphatic heterocycles. The van der Waals surface area contributed by atoms with Crippen molar-refractivity contribution in [2.24, 2.45) is 0 Å². The van der Waals surface area contributed by atoms with Crippen molar-refractivity contribution in [3.05, 3.63) is 101 Å². The SMILES string of the molecule is COCCCNC(=O)c1ccccc1N1C(=O)[C@@H]2Cc3c([nH]c4ccccc34)C(c3ccc(F)cc3)N2C1=O. The minimum Gasteiger partial charge on any atom is -0.385 e. The van der Waals surface area contributed by atoms with Gasteiger partial charge in [0.15, 0.2) is 0 Å². The van der Waals surface area contributed by atoms with Crippen LogP contribution in [0.25, 0.3) is 10.9 Å². The smallest absolute Gasteiger partial charge is 0.332 e. The summed E-state index contributed by atoms with van der Waals surface area (Å²) in [6, 6.07) is 18.5. The van der Waals surface area contributed by atoms with Crippen LogP contribution in [0, 0.1) is 5.82 Å². The second-order valence-electron chi connectivity index (χ2n) is 9.72. The zero-order valence-corrected chi connectivity index (χ0v) is 21.3. The first-order valence-corrected chi connectivity index (χ1v) is 12.9. The number of methoxy groups -OCH3 is 1. The molecule has 198 valence electrons. The van der Waals surface area contributed by atoms with Crippen LogP contribution in [0.4, 0.5) is 14.9 Å². The summed E-state index contributed by atoms with van der Waals surface area (Å²) in [4.78, 5) is 47.2. The molecule has 0 bridgehead atoms. The molecule has 3 heterocycles. The summed E-state index contributed by atoms with van der Waals surface area (Å²) >= 11 is 0. The molecule has 4 amide bonds. The molecule has 4 aromatic rings. The molecule has 8 nitrogen and oxygen atoms in total. The number of anilines is 1. The van der Waals surface area contributed by atoms with E-state index in [2.05, 4.69) is 10.3 Å². The number of fused-ring (bicyclic) bond motifs is 4. The molecule has 2 atom stereocenters. The Labute approximate surface area is 224 Å². The summed E-state index contributed by atoms with van der Waals surface area (Å²) in [5.41, 5.74) is 3.81. The van der Waals surface area contributed by atoms with Crippen molar-refractivity contribution in [2.45, 2.75) is 24.9 Å². The average Bonchev–Trinajstić information content (AvgIpc) is 3.44. The van der Waals surface area contributed by atoms with Crippen LogP contribution in [0.15, 0.2) is 72.8 Å². The minimum absolute atomic E-state index is 0.234. The van der Waals surface area contributed by atoms with E-state index in [9.17, 15) is 18.8 Å². The average molecular weight is 527 g/mol. The van der Waals surface area contributed by atoms with Crippen LogP contribution in [-0.4, -0.2) is 54.0 Å². The fraction of sp³-hybridized carbons (Fsp3) is 0.233. The maximum absolute atomic E-state index is 14.1. The number of imide groups is 1. The molecular formula is C30H27FN4O4. The predicted molar refractivity (Wildman–Crippen MR) is 144 cm³/mol. The third-order valence-electron chi connectivity index (χ3n) is 7.44. The Morgan fingerprint density at radius 1 is 1.05 bits per heavy atom. The number of urea groups is 1. The van der Waals surface area contributed by atoms with Crippen molar-refractivity contribution >= 4 is 34.4 Å². The Balaban J connectivity index is 1.42. The maximum Gasteiger partial charge on any atom is 0.332 e. The van der Waals surface area contributed by atoms with Crippen LogP contribution in [0.5, 0.6) is 0 Å². The lowest BCUT2D eigenvalue weighted by atomic mass is 9.89. The largest absolute Gasteiger partial charge is 0.385 e. The molecule has 6 rings (SSSR count). The number of H-pyrrole nitrogens is 1. The number of amides is 4. The molecule has 9 heteroatoms. The number of para-hydroxylation sites is 2. The lowest BCUT2D eigenvalue weighted by molar-refractivity contribution is -0.120. The molecule has 1 unspecified atom stereocenters. The number of carbonyl (C=O) groups excluding carboxylic acids is 3. The fourth-order valence-electron chi connectivity index (χ4n) is 5.66. The van der Waals surface area contributed by atoms with Gasteiger partial charge in [-0.25, -0.2) is 14.1 Å². The van der Waals surface area contributed by atoms with Gasteiger partial charge < -0.3 is 15.0 Å². The first kappa shape index (κ1) is 24.8. The number of nitrogens with one attached hydrogen (secondary N) is 2. The number of nitrogens with zero attached hydrogens (tertiary/aromatic N) is 2. The zero-order valence-electron chi connectivity index (χ0n) is 21.3. The van der Waals surface area contributed by atoms with Gasteiger partial charge in [-0.05, 0) is 47.9 Å². The van der Waals surface area contributed by atoms with Crippen molar-refractivity contribution in [2.75, 3.05) is 25.2 Å². The monoisotopic (exact) mass is 526 g/mol. The van der Waals surface area contributed by atoms with Gasteiger partial charge in [0.05, 0.1) is 11.3 Å². The number of aromatic nitrogens is 1. The van der Waals surface area contributed by atoms with Gasteiger partial charge in [-0.2, -0.15) is 0 Å². The van der Waals surface area contributed by atoms with E-state index in [1.807, 2.05) is 24.3 Å². The zero-order chi connectivity index (χ0) is 27.1. The molecule has 1 saturated heterocycles. The Morgan fingerprint density at radius 2 is 1.79 bits per heavy atom. The van der Waals surface area contributed by atoms with Gasteiger partial charge >= 0.3 is 6.03 Å². The molecule has 1 aromatic heterocycles. The molecule has 1 fully saturated rings. The quantitative estimate of drug-likeness (QED) is 0.273. The van der Waals surface area contributed by atoms with Crippen LogP contribution in [0.2, 0.25) is 0 Å². The number of halogens is 1. The summed E-state index contributed by atoms with van der Waals surface area (Å²) in [5.74, 6) is -1.17. The van der Waals surface area contributed by atoms with Gasteiger partial charge in [-0.3, -0.25) is 14.5 Å². The van der Waals surface area contributed by atoms with Crippen LogP contribution < -0.4 is 10.2 Å². The summed E-state index contributed by atoms with van der Waals surface area (Å²) in [7, 11) is 1.59. The van der Waals surface area contributed by atoms with Gasteiger partial charge in [0.2, 0.25) is 0 Å². The Hall–Kier alpha value is -4.50. The molecule has 39 heavy (non-hydrogen) atoms. The second-order valence-corrected chi connectivity index (χ2v) is 9.72. The normalized spacial score (nSPS) is 18.4. The van der Waals surface area contributed by atoms with Gasteiger partial charge in [0.1, 0.15) is 17.9 Å². The third-order valence-corrected chi connectivity index (χ3v) is 7.44. The Morgan fingerprint density at radius 3 is 2.59 bits per heavy atom. The van der Waals surface area contributed by atoms with E-state index in [1.54, 1.807) is 48.4 Å². The Kier molecular flexibility index (Phi) is 6.36. The van der Waals surface area contributed by atoms with Crippen LogP contribution in [0.1, 0.15) is 39.6 Å². The van der Waals surface area contributed by atoms with E-state index < -0.39 is 24.0 Å². The first-order valence-electron chi connectivity index (χ1n) is 12.9. The number of carbonyl (C=O) groups is 3. The Bertz CT molecular complexity index is 1580. The summed E-state index contributed by atoms with van der Waals surface area (Å²) in [6.45, 7) is 0.896. The van der Waals surface area contributed by atoms with Crippen LogP contribution in [0.3, 0.4) is 0 Å². The number of ether oxygens (including phenoxy) is 1. The molecule has 0 spiro atoms. The molecule has 0 radical (unpaired) electrons. The van der Waals surface area contributed by atoms with Crippen molar-refractivity contribution < 1.29 is 23.5 Å². The fourth-order valence-corrected chi connectivity index (χ4v) is 5.66. The highest BCUT2D eigenvalue weighted by Crippen LogP contribution is 2.45. The van der Waals surface area contributed by atoms with Crippen molar-refractivity contribution in [3.63, 3.8) is 0 Å². The predicted octanol–water partition coefficient (Wildman–Crippen LogP) is 4.56. The first-order chi connectivity index (χ1) is 19.0. The second kappa shape index (κ2) is 9.99. The van der Waals surface area contributed by atoms with Gasteiger partial charge in [0, 0.05) is 43.3 Å². The van der Waals surface area contributed by atoms with Crippen LogP contribution in [-0.2, 0) is 16.0 Å². The number of aromatic amines is 1. The molecule has 3 aromatic carbocycles. The van der Waals surface area contributed by atoms with E-state index in [-0.39, 0.29) is 23.0 Å². The summed E-state index contributed by atoms with van der Waals surface area (Å²) in [6.07, 6.45) is 0.955. The van der Waals surface area contributed by atoms with Crippen molar-refractivity contribution in [1.82, 2.24) is 15.2 Å². The molecule has 0 aliphatic carbocycles. The van der Waals surface area contributed by atoms with E-state index in [4.69, 9.17) is 4.74 Å². The molecule has 2 aliphatic rings. The lowest BCUT2D eigenvalue weighted by Crippen LogP contribution is -2.44. The molecular weight excluding hydrogens is 499 g/mol. The number of rotatable bonds is 7. The standard InChI is InChI=1S/C30H27FN4O4/c1-39-16-6-15-32-28(36)21-8-3-5-10-24(21)35-29(37)25-17-22-20-7-2-4-9-23(20)33-26(22)27(34(25)30(35)38)18-11-13-19(31)14-12-18/h2-5,7-14,25,27,33H,6,15-17H2,1H3,(H,32,36)/t25-,27?/m0/s1. The van der Waals surface area contributed by atoms with Crippen molar-refractivity contribution in [1.29, 1.82) is 0 Å². The van der Waals surface area contributed by atoms with Crippen molar-refractivity contribution in [3.8, 4) is 0 Å². The van der Waals surface area contributed by atoms with Crippen LogP contribution >= 0.6 is 0 Å². The van der Waals surface area contributed by atoms with Gasteiger partial charge in [0.25, 0.3) is 11.8 Å². The van der Waals surface area contributed by atoms with E-state index in [0.29, 0.717) is 31.6 Å². The molecule has 0 saturated carbocycles. The highest BCUT2D eigenvalue weighted by Gasteiger charge is 2.53. The van der Waals surface area contributed by atoms with E-state index in [1.165, 1.54) is 12.1 Å². The van der Waals surface area contributed by atoms with Gasteiger partial charge in [-0.15, -0.1) is 0 Å². The number of benzene rings is 3. The highest BCUT2D eigenvalue weighted by molar-refractivity contribution is 6.24. The van der Waals surface area contributed by atoms with E-state index >= 15 is 0 Å². The lowest BCUT2D eigenvalue weighted by Gasteiger charge is -2.36. The number of hydrogen-bond acceptors (Lipinski definition) is 4. The highest BCUT2D eigenvalue weighted by atomic mass is 19.1. The topological polar surface area (TPSA) is 94.7 Å². The third kappa shape index (κ3) is 4.15. The molecule has 2 N–H and O–H groups in total. The van der Waals surface area contributed by atoms with Gasteiger partial charge in [-0.1, -0.05) is 42.5 Å². The number of hydrogen-bond donors (Lipinski definition) is 2.